The van der Waals surface area contributed by atoms with Crippen molar-refractivity contribution in [3.8, 4) is 5.75 Å². The van der Waals surface area contributed by atoms with Crippen molar-refractivity contribution in [2.45, 2.75) is 39.3 Å². The Balaban J connectivity index is 2.27. The number of nitrogens with two attached hydrogens (primary N) is 1. The van der Waals surface area contributed by atoms with Crippen LogP contribution in [-0.4, -0.2) is 30.6 Å². The van der Waals surface area contributed by atoms with Gasteiger partial charge in [0.1, 0.15) is 5.75 Å². The highest BCUT2D eigenvalue weighted by atomic mass is 16.5. The molecule has 0 saturated carbocycles. The summed E-state index contributed by atoms with van der Waals surface area (Å²) in [7, 11) is 0. The van der Waals surface area contributed by atoms with Crippen LogP contribution in [0.4, 0.5) is 0 Å². The van der Waals surface area contributed by atoms with Gasteiger partial charge in [0, 0.05) is 25.0 Å². The molecule has 1 aliphatic rings. The van der Waals surface area contributed by atoms with Gasteiger partial charge in [-0.2, -0.15) is 0 Å². The number of rotatable bonds is 5. The van der Waals surface area contributed by atoms with E-state index in [1.165, 1.54) is 11.1 Å². The highest BCUT2D eigenvalue weighted by Crippen LogP contribution is 2.30. The number of likely N-dealkylation sites (N-methyl/N-ethyl adjacent to an activating group) is 1. The lowest BCUT2D eigenvalue weighted by Crippen LogP contribution is -2.38. The van der Waals surface area contributed by atoms with Gasteiger partial charge in [0.2, 0.25) is 0 Å². The van der Waals surface area contributed by atoms with Gasteiger partial charge in [-0.25, -0.2) is 0 Å². The van der Waals surface area contributed by atoms with E-state index in [1.54, 1.807) is 0 Å². The van der Waals surface area contributed by atoms with Gasteiger partial charge in [0.15, 0.2) is 0 Å². The zero-order valence-electron chi connectivity index (χ0n) is 11.6. The van der Waals surface area contributed by atoms with Crippen molar-refractivity contribution in [2.75, 3.05) is 19.7 Å². The molecule has 0 bridgehead atoms. The van der Waals surface area contributed by atoms with Crippen molar-refractivity contribution >= 4 is 0 Å². The standard InChI is InChI=1S/C15H24N2O/c1-4-17(11(2)3)14(10-16)12-5-6-15-13(9-12)7-8-18-15/h5-6,9,11,14H,4,7-8,10,16H2,1-3H3. The topological polar surface area (TPSA) is 38.5 Å². The fourth-order valence-electron chi connectivity index (χ4n) is 2.82. The Morgan fingerprint density at radius 1 is 1.39 bits per heavy atom. The normalized spacial score (nSPS) is 15.9. The first-order valence-electron chi connectivity index (χ1n) is 6.88. The summed E-state index contributed by atoms with van der Waals surface area (Å²) in [5.41, 5.74) is 8.63. The molecule has 1 aromatic carbocycles. The van der Waals surface area contributed by atoms with Crippen molar-refractivity contribution < 1.29 is 4.74 Å². The predicted octanol–water partition coefficient (Wildman–Crippen LogP) is 2.35. The average molecular weight is 248 g/mol. The molecular formula is C15H24N2O. The van der Waals surface area contributed by atoms with Crippen LogP contribution >= 0.6 is 0 Å². The van der Waals surface area contributed by atoms with Crippen LogP contribution in [-0.2, 0) is 6.42 Å². The minimum absolute atomic E-state index is 0.306. The third-order valence-corrected chi connectivity index (χ3v) is 3.75. The zero-order valence-corrected chi connectivity index (χ0v) is 11.6. The Hall–Kier alpha value is -1.06. The van der Waals surface area contributed by atoms with Crippen LogP contribution in [0.15, 0.2) is 18.2 Å². The van der Waals surface area contributed by atoms with Gasteiger partial charge in [-0.15, -0.1) is 0 Å². The molecule has 0 amide bonds. The molecule has 2 rings (SSSR count). The summed E-state index contributed by atoms with van der Waals surface area (Å²) < 4.78 is 5.56. The summed E-state index contributed by atoms with van der Waals surface area (Å²) in [6.07, 6.45) is 1.02. The second-order valence-corrected chi connectivity index (χ2v) is 5.14. The molecule has 1 aromatic rings. The van der Waals surface area contributed by atoms with E-state index in [-0.39, 0.29) is 0 Å². The molecule has 0 spiro atoms. The Bertz CT molecular complexity index is 403. The maximum absolute atomic E-state index is 5.99. The minimum atomic E-state index is 0.306. The van der Waals surface area contributed by atoms with Crippen molar-refractivity contribution in [1.29, 1.82) is 0 Å². The Kier molecular flexibility index (Phi) is 4.25. The highest BCUT2D eigenvalue weighted by Gasteiger charge is 2.22. The third kappa shape index (κ3) is 2.52. The first kappa shape index (κ1) is 13.4. The van der Waals surface area contributed by atoms with Gasteiger partial charge in [-0.3, -0.25) is 4.90 Å². The van der Waals surface area contributed by atoms with Crippen LogP contribution < -0.4 is 10.5 Å². The number of nitrogens with zero attached hydrogens (tertiary/aromatic N) is 1. The summed E-state index contributed by atoms with van der Waals surface area (Å²) in [4.78, 5) is 2.44. The quantitative estimate of drug-likeness (QED) is 0.869. The third-order valence-electron chi connectivity index (χ3n) is 3.75. The van der Waals surface area contributed by atoms with Gasteiger partial charge in [0.05, 0.1) is 6.61 Å². The van der Waals surface area contributed by atoms with Gasteiger partial charge in [-0.05, 0) is 37.6 Å². The first-order valence-corrected chi connectivity index (χ1v) is 6.88. The molecule has 100 valence electrons. The number of ether oxygens (including phenoxy) is 1. The van der Waals surface area contributed by atoms with E-state index in [0.717, 1.165) is 25.3 Å². The first-order chi connectivity index (χ1) is 8.67. The van der Waals surface area contributed by atoms with Gasteiger partial charge in [-0.1, -0.05) is 19.1 Å². The van der Waals surface area contributed by atoms with Gasteiger partial charge < -0.3 is 10.5 Å². The Morgan fingerprint density at radius 3 is 2.78 bits per heavy atom. The molecule has 0 fully saturated rings. The number of benzene rings is 1. The van der Waals surface area contributed by atoms with Crippen molar-refractivity contribution in [2.24, 2.45) is 5.73 Å². The zero-order chi connectivity index (χ0) is 13.1. The molecular weight excluding hydrogens is 224 g/mol. The van der Waals surface area contributed by atoms with Gasteiger partial charge in [0.25, 0.3) is 0 Å². The highest BCUT2D eigenvalue weighted by molar-refractivity contribution is 5.41. The molecule has 0 saturated heterocycles. The second-order valence-electron chi connectivity index (χ2n) is 5.14. The van der Waals surface area contributed by atoms with Crippen LogP contribution in [0, 0.1) is 0 Å². The van der Waals surface area contributed by atoms with Crippen molar-refractivity contribution in [3.63, 3.8) is 0 Å². The molecule has 1 atom stereocenters. The molecule has 2 N–H and O–H groups in total. The summed E-state index contributed by atoms with van der Waals surface area (Å²) in [6.45, 7) is 9.14. The minimum Gasteiger partial charge on any atom is -0.493 e. The summed E-state index contributed by atoms with van der Waals surface area (Å²) in [5.74, 6) is 1.04. The predicted molar refractivity (Wildman–Crippen MR) is 75.0 cm³/mol. The maximum Gasteiger partial charge on any atom is 0.122 e. The van der Waals surface area contributed by atoms with Crippen LogP contribution in [0.1, 0.15) is 37.9 Å². The summed E-state index contributed by atoms with van der Waals surface area (Å²) in [5, 5.41) is 0. The van der Waals surface area contributed by atoms with Crippen LogP contribution in [0.3, 0.4) is 0 Å². The van der Waals surface area contributed by atoms with Crippen molar-refractivity contribution in [3.05, 3.63) is 29.3 Å². The van der Waals surface area contributed by atoms with E-state index in [1.807, 2.05) is 0 Å². The SMILES string of the molecule is CCN(C(C)C)C(CN)c1ccc2c(c1)CCO2. The lowest BCUT2D eigenvalue weighted by Gasteiger charge is -2.33. The maximum atomic E-state index is 5.99. The molecule has 18 heavy (non-hydrogen) atoms. The molecule has 1 heterocycles. The molecule has 3 heteroatoms. The second kappa shape index (κ2) is 5.72. The fourth-order valence-corrected chi connectivity index (χ4v) is 2.82. The molecule has 3 nitrogen and oxygen atoms in total. The van der Waals surface area contributed by atoms with Crippen molar-refractivity contribution in [1.82, 2.24) is 4.90 Å². The van der Waals surface area contributed by atoms with Crippen LogP contribution in [0.5, 0.6) is 5.75 Å². The van der Waals surface area contributed by atoms with E-state index in [9.17, 15) is 0 Å². The van der Waals surface area contributed by atoms with Crippen LogP contribution in [0.25, 0.3) is 0 Å². The lowest BCUT2D eigenvalue weighted by molar-refractivity contribution is 0.166. The number of hydrogen-bond donors (Lipinski definition) is 1. The molecule has 0 aliphatic carbocycles. The summed E-state index contributed by atoms with van der Waals surface area (Å²) >= 11 is 0. The average Bonchev–Trinajstić information content (AvgIpc) is 2.82. The molecule has 1 unspecified atom stereocenters. The molecule has 0 aromatic heterocycles. The van der Waals surface area contributed by atoms with E-state index in [0.29, 0.717) is 18.6 Å². The Labute approximate surface area is 110 Å². The largest absolute Gasteiger partial charge is 0.493 e. The van der Waals surface area contributed by atoms with Gasteiger partial charge >= 0.3 is 0 Å². The Morgan fingerprint density at radius 2 is 2.17 bits per heavy atom. The smallest absolute Gasteiger partial charge is 0.122 e. The van der Waals surface area contributed by atoms with E-state index in [4.69, 9.17) is 10.5 Å². The lowest BCUT2D eigenvalue weighted by atomic mass is 10.0. The van der Waals surface area contributed by atoms with E-state index >= 15 is 0 Å². The summed E-state index contributed by atoms with van der Waals surface area (Å²) in [6, 6.07) is 7.33. The number of hydrogen-bond acceptors (Lipinski definition) is 3. The number of fused-ring (bicyclic) bond motifs is 1. The fraction of sp³-hybridized carbons (Fsp3) is 0.600. The monoisotopic (exact) mass is 248 g/mol. The van der Waals surface area contributed by atoms with E-state index in [2.05, 4.69) is 43.9 Å². The molecule has 1 aliphatic heterocycles. The van der Waals surface area contributed by atoms with E-state index < -0.39 is 0 Å². The molecule has 0 radical (unpaired) electrons. The van der Waals surface area contributed by atoms with Crippen LogP contribution in [0.2, 0.25) is 0 Å².